The van der Waals surface area contributed by atoms with Crippen molar-refractivity contribution in [1.29, 1.82) is 0 Å². The molecule has 1 N–H and O–H groups in total. The molecule has 0 spiro atoms. The Hall–Kier alpha value is -2.89. The first kappa shape index (κ1) is 24.2. The van der Waals surface area contributed by atoms with Crippen molar-refractivity contribution >= 4 is 50.7 Å². The molecular weight excluding hydrogens is 514 g/mol. The number of nitrogens with zero attached hydrogens (tertiary/aromatic N) is 1. The van der Waals surface area contributed by atoms with E-state index >= 15 is 0 Å². The summed E-state index contributed by atoms with van der Waals surface area (Å²) in [4.78, 5) is 28.1. The van der Waals surface area contributed by atoms with Crippen LogP contribution in [-0.2, 0) is 15.0 Å². The first-order valence-corrected chi connectivity index (χ1v) is 12.1. The zero-order chi connectivity index (χ0) is 24.8. The van der Waals surface area contributed by atoms with E-state index in [-0.39, 0.29) is 16.7 Å². The lowest BCUT2D eigenvalue weighted by Gasteiger charge is -2.28. The van der Waals surface area contributed by atoms with E-state index in [1.54, 1.807) is 36.4 Å². The van der Waals surface area contributed by atoms with Gasteiger partial charge in [0.05, 0.1) is 11.6 Å². The van der Waals surface area contributed by atoms with Crippen molar-refractivity contribution in [2.45, 2.75) is 39.2 Å². The van der Waals surface area contributed by atoms with Crippen LogP contribution in [0.5, 0.6) is 0 Å². The van der Waals surface area contributed by atoms with Crippen molar-refractivity contribution in [2.75, 3.05) is 4.90 Å². The van der Waals surface area contributed by atoms with Crippen LogP contribution in [0.1, 0.15) is 49.1 Å². The third-order valence-corrected chi connectivity index (χ3v) is 6.85. The van der Waals surface area contributed by atoms with E-state index in [1.807, 2.05) is 37.3 Å². The van der Waals surface area contributed by atoms with Gasteiger partial charge in [-0.1, -0.05) is 90.8 Å². The lowest BCUT2D eigenvalue weighted by atomic mass is 9.85. The van der Waals surface area contributed by atoms with E-state index in [0.717, 1.165) is 21.2 Å². The number of rotatable bonds is 3. The second-order valence-corrected chi connectivity index (χ2v) is 10.8. The molecule has 1 unspecified atom stereocenters. The third-order valence-electron chi connectivity index (χ3n) is 6.09. The van der Waals surface area contributed by atoms with E-state index in [0.29, 0.717) is 16.3 Å². The second kappa shape index (κ2) is 9.05. The lowest BCUT2D eigenvalue weighted by Crippen LogP contribution is -2.30. The number of benzene rings is 3. The van der Waals surface area contributed by atoms with Crippen LogP contribution in [0.25, 0.3) is 5.76 Å². The molecule has 6 heteroatoms. The van der Waals surface area contributed by atoms with Crippen molar-refractivity contribution in [3.8, 4) is 0 Å². The number of aryl methyl sites for hydroxylation is 1. The van der Waals surface area contributed by atoms with Crippen LogP contribution >= 0.6 is 27.5 Å². The Morgan fingerprint density at radius 1 is 0.971 bits per heavy atom. The number of carbonyl (C=O) groups is 2. The summed E-state index contributed by atoms with van der Waals surface area (Å²) in [6.45, 7) is 8.23. The predicted molar refractivity (Wildman–Crippen MR) is 140 cm³/mol. The highest BCUT2D eigenvalue weighted by atomic mass is 79.9. The zero-order valence-corrected chi connectivity index (χ0v) is 21.7. The molecule has 1 heterocycles. The SMILES string of the molecule is Cc1ccc(Cl)cc1N1C(=O)C(=O)/C(=C(/O)c2ccc(Br)cc2)C1c1ccc(C(C)(C)C)cc1. The van der Waals surface area contributed by atoms with Crippen LogP contribution in [0, 0.1) is 6.92 Å². The Balaban J connectivity index is 1.96. The van der Waals surface area contributed by atoms with Crippen LogP contribution in [0.3, 0.4) is 0 Å². The molecule has 0 bridgehead atoms. The van der Waals surface area contributed by atoms with E-state index < -0.39 is 17.7 Å². The predicted octanol–water partition coefficient (Wildman–Crippen LogP) is 7.33. The molecule has 4 nitrogen and oxygen atoms in total. The highest BCUT2D eigenvalue weighted by Crippen LogP contribution is 2.44. The number of Topliss-reactive ketones (excluding diaryl/α,β-unsaturated/α-hetero) is 1. The molecule has 1 aliphatic heterocycles. The fourth-order valence-corrected chi connectivity index (χ4v) is 4.60. The number of ketones is 1. The molecular formula is C28H25BrClNO3. The number of halogens is 2. The molecule has 3 aromatic rings. The Kier molecular flexibility index (Phi) is 6.45. The second-order valence-electron chi connectivity index (χ2n) is 9.48. The highest BCUT2D eigenvalue weighted by Gasteiger charge is 2.47. The minimum absolute atomic E-state index is 0.0511. The fourth-order valence-electron chi connectivity index (χ4n) is 4.17. The van der Waals surface area contributed by atoms with Gasteiger partial charge in [-0.15, -0.1) is 0 Å². The van der Waals surface area contributed by atoms with Gasteiger partial charge in [0.1, 0.15) is 5.76 Å². The number of aliphatic hydroxyl groups is 1. The van der Waals surface area contributed by atoms with Crippen molar-refractivity contribution in [3.05, 3.63) is 104 Å². The molecule has 1 aliphatic rings. The van der Waals surface area contributed by atoms with Gasteiger partial charge in [-0.25, -0.2) is 0 Å². The van der Waals surface area contributed by atoms with Crippen LogP contribution in [0.4, 0.5) is 5.69 Å². The molecule has 174 valence electrons. The smallest absolute Gasteiger partial charge is 0.300 e. The Morgan fingerprint density at radius 3 is 2.18 bits per heavy atom. The average molecular weight is 539 g/mol. The molecule has 3 aromatic carbocycles. The maximum absolute atomic E-state index is 13.4. The van der Waals surface area contributed by atoms with Gasteiger partial charge >= 0.3 is 0 Å². The quantitative estimate of drug-likeness (QED) is 0.216. The van der Waals surface area contributed by atoms with Crippen LogP contribution < -0.4 is 4.90 Å². The summed E-state index contributed by atoms with van der Waals surface area (Å²) >= 11 is 9.65. The monoisotopic (exact) mass is 537 g/mol. The lowest BCUT2D eigenvalue weighted by molar-refractivity contribution is -0.132. The van der Waals surface area contributed by atoms with Gasteiger partial charge < -0.3 is 5.11 Å². The van der Waals surface area contributed by atoms with Gasteiger partial charge in [-0.05, 0) is 53.3 Å². The number of hydrogen-bond donors (Lipinski definition) is 1. The van der Waals surface area contributed by atoms with Crippen molar-refractivity contribution < 1.29 is 14.7 Å². The van der Waals surface area contributed by atoms with Gasteiger partial charge in [-0.2, -0.15) is 0 Å². The van der Waals surface area contributed by atoms with E-state index in [2.05, 4.69) is 36.7 Å². The third kappa shape index (κ3) is 4.42. The molecule has 1 amide bonds. The molecule has 1 fully saturated rings. The number of anilines is 1. The Morgan fingerprint density at radius 2 is 1.59 bits per heavy atom. The molecule has 1 atom stereocenters. The molecule has 1 saturated heterocycles. The molecule has 4 rings (SSSR count). The zero-order valence-electron chi connectivity index (χ0n) is 19.4. The summed E-state index contributed by atoms with van der Waals surface area (Å²) in [5.41, 5.74) is 3.64. The van der Waals surface area contributed by atoms with Crippen LogP contribution in [-0.4, -0.2) is 16.8 Å². The number of carbonyl (C=O) groups excluding carboxylic acids is 2. The Labute approximate surface area is 213 Å². The maximum atomic E-state index is 13.4. The topological polar surface area (TPSA) is 57.6 Å². The van der Waals surface area contributed by atoms with Crippen molar-refractivity contribution in [2.24, 2.45) is 0 Å². The molecule has 0 radical (unpaired) electrons. The first-order valence-electron chi connectivity index (χ1n) is 10.9. The Bertz CT molecular complexity index is 1300. The summed E-state index contributed by atoms with van der Waals surface area (Å²) < 4.78 is 0.841. The average Bonchev–Trinajstić information content (AvgIpc) is 3.05. The van der Waals surface area contributed by atoms with Gasteiger partial charge in [0.25, 0.3) is 11.7 Å². The minimum atomic E-state index is -0.796. The van der Waals surface area contributed by atoms with E-state index in [4.69, 9.17) is 11.6 Å². The van der Waals surface area contributed by atoms with Gasteiger partial charge in [0.2, 0.25) is 0 Å². The van der Waals surface area contributed by atoms with Crippen molar-refractivity contribution in [3.63, 3.8) is 0 Å². The van der Waals surface area contributed by atoms with Crippen molar-refractivity contribution in [1.82, 2.24) is 0 Å². The standard InChI is InChI=1S/C28H25BrClNO3/c1-16-5-14-21(30)15-22(16)31-24(17-6-10-19(11-7-17)28(2,3)4)23(26(33)27(31)34)25(32)18-8-12-20(29)13-9-18/h5-15,24,32H,1-4H3/b25-23+. The summed E-state index contributed by atoms with van der Waals surface area (Å²) in [5, 5.41) is 11.7. The summed E-state index contributed by atoms with van der Waals surface area (Å²) in [6, 6.07) is 19.2. The van der Waals surface area contributed by atoms with E-state index in [1.165, 1.54) is 4.90 Å². The van der Waals surface area contributed by atoms with E-state index in [9.17, 15) is 14.7 Å². The van der Waals surface area contributed by atoms with Gasteiger partial charge in [0.15, 0.2) is 0 Å². The summed E-state index contributed by atoms with van der Waals surface area (Å²) in [7, 11) is 0. The largest absolute Gasteiger partial charge is 0.507 e. The fraction of sp³-hybridized carbons (Fsp3) is 0.214. The number of amides is 1. The summed E-state index contributed by atoms with van der Waals surface area (Å²) in [6.07, 6.45) is 0. The minimum Gasteiger partial charge on any atom is -0.507 e. The van der Waals surface area contributed by atoms with Gasteiger partial charge in [0, 0.05) is 20.7 Å². The first-order chi connectivity index (χ1) is 16.0. The highest BCUT2D eigenvalue weighted by molar-refractivity contribution is 9.10. The maximum Gasteiger partial charge on any atom is 0.300 e. The molecule has 0 aromatic heterocycles. The summed E-state index contributed by atoms with van der Waals surface area (Å²) in [5.74, 6) is -1.64. The number of aliphatic hydroxyl groups excluding tert-OH is 1. The number of hydrogen-bond acceptors (Lipinski definition) is 3. The van der Waals surface area contributed by atoms with Crippen LogP contribution in [0.15, 0.2) is 76.8 Å². The molecule has 0 aliphatic carbocycles. The molecule has 34 heavy (non-hydrogen) atoms. The molecule has 0 saturated carbocycles. The normalized spacial score (nSPS) is 17.9. The van der Waals surface area contributed by atoms with Gasteiger partial charge in [-0.3, -0.25) is 14.5 Å². The van der Waals surface area contributed by atoms with Crippen LogP contribution in [0.2, 0.25) is 5.02 Å².